The van der Waals surface area contributed by atoms with Crippen LogP contribution in [0.15, 0.2) is 0 Å². The zero-order valence-electron chi connectivity index (χ0n) is 10.9. The number of rotatable bonds is 5. The number of ether oxygens (including phenoxy) is 1. The van der Waals surface area contributed by atoms with Crippen LogP contribution < -0.4 is 5.32 Å². The van der Waals surface area contributed by atoms with E-state index in [4.69, 9.17) is 4.74 Å². The van der Waals surface area contributed by atoms with Gasteiger partial charge >= 0.3 is 5.97 Å². The third-order valence-corrected chi connectivity index (χ3v) is 1.90. The van der Waals surface area contributed by atoms with Crippen LogP contribution in [-0.4, -0.2) is 24.2 Å². The van der Waals surface area contributed by atoms with Gasteiger partial charge in [-0.3, -0.25) is 4.79 Å². The van der Waals surface area contributed by atoms with Gasteiger partial charge in [-0.1, -0.05) is 13.8 Å². The Kier molecular flexibility index (Phi) is 5.88. The van der Waals surface area contributed by atoms with Gasteiger partial charge in [0.15, 0.2) is 0 Å². The van der Waals surface area contributed by atoms with E-state index in [-0.39, 0.29) is 24.2 Å². The van der Waals surface area contributed by atoms with Gasteiger partial charge in [0.25, 0.3) is 0 Å². The zero-order valence-corrected chi connectivity index (χ0v) is 10.9. The van der Waals surface area contributed by atoms with Crippen LogP contribution in [0.4, 0.5) is 0 Å². The molecule has 0 aliphatic heterocycles. The first-order valence-electron chi connectivity index (χ1n) is 5.65. The molecule has 0 spiro atoms. The first-order valence-corrected chi connectivity index (χ1v) is 5.65. The molecule has 0 fully saturated rings. The maximum absolute atomic E-state index is 11.4. The molecule has 0 aliphatic carbocycles. The maximum atomic E-state index is 11.4. The minimum Gasteiger partial charge on any atom is -0.462 e. The molecular weight excluding hydrogens is 190 g/mol. The van der Waals surface area contributed by atoms with Crippen LogP contribution in [0.25, 0.3) is 0 Å². The van der Waals surface area contributed by atoms with E-state index >= 15 is 0 Å². The number of hydrogen-bond donors (Lipinski definition) is 1. The van der Waals surface area contributed by atoms with Crippen molar-refractivity contribution in [1.82, 2.24) is 5.32 Å². The smallest absolute Gasteiger partial charge is 0.320 e. The highest BCUT2D eigenvalue weighted by molar-refractivity contribution is 5.71. The van der Waals surface area contributed by atoms with Crippen LogP contribution in [0.1, 0.15) is 48.0 Å². The molecule has 0 saturated carbocycles. The molecule has 0 aliphatic rings. The Morgan fingerprint density at radius 1 is 1.27 bits per heavy atom. The van der Waals surface area contributed by atoms with E-state index in [0.717, 1.165) is 6.42 Å². The van der Waals surface area contributed by atoms with Crippen molar-refractivity contribution < 1.29 is 9.53 Å². The molecule has 3 heteroatoms. The molecule has 0 aromatic heterocycles. The number of esters is 1. The Bertz CT molecular complexity index is 194. The van der Waals surface area contributed by atoms with Crippen molar-refractivity contribution in [2.75, 3.05) is 6.54 Å². The van der Waals surface area contributed by atoms with Crippen molar-refractivity contribution in [2.24, 2.45) is 5.92 Å². The Labute approximate surface area is 93.6 Å². The summed E-state index contributed by atoms with van der Waals surface area (Å²) in [4.78, 5) is 11.4. The van der Waals surface area contributed by atoms with Gasteiger partial charge in [-0.25, -0.2) is 0 Å². The normalized spacial score (nSPS) is 14.1. The summed E-state index contributed by atoms with van der Waals surface area (Å²) in [6.45, 7) is 12.5. The third kappa shape index (κ3) is 9.73. The monoisotopic (exact) mass is 215 g/mol. The minimum absolute atomic E-state index is 0.0132. The van der Waals surface area contributed by atoms with Crippen molar-refractivity contribution in [2.45, 2.75) is 59.6 Å². The molecule has 0 amide bonds. The molecule has 0 saturated heterocycles. The Morgan fingerprint density at radius 2 is 1.80 bits per heavy atom. The van der Waals surface area contributed by atoms with Crippen LogP contribution >= 0.6 is 0 Å². The quantitative estimate of drug-likeness (QED) is 0.715. The van der Waals surface area contributed by atoms with Crippen molar-refractivity contribution in [1.29, 1.82) is 0 Å². The first kappa shape index (κ1) is 14.4. The fourth-order valence-corrected chi connectivity index (χ4v) is 1.32. The average molecular weight is 215 g/mol. The predicted molar refractivity (Wildman–Crippen MR) is 62.8 cm³/mol. The first-order chi connectivity index (χ1) is 6.70. The summed E-state index contributed by atoms with van der Waals surface area (Å²) in [6.07, 6.45) is 0.931. The fraction of sp³-hybridized carbons (Fsp3) is 0.917. The van der Waals surface area contributed by atoms with E-state index in [0.29, 0.717) is 5.92 Å². The molecule has 15 heavy (non-hydrogen) atoms. The van der Waals surface area contributed by atoms with Crippen LogP contribution in [0.2, 0.25) is 0 Å². The zero-order chi connectivity index (χ0) is 12.1. The summed E-state index contributed by atoms with van der Waals surface area (Å²) in [6, 6.07) is 0. The Balaban J connectivity index is 3.74. The number of carbonyl (C=O) groups excluding carboxylic acids is 1. The van der Waals surface area contributed by atoms with Crippen LogP contribution in [0.5, 0.6) is 0 Å². The van der Waals surface area contributed by atoms with Gasteiger partial charge in [-0.05, 0) is 40.0 Å². The second-order valence-corrected chi connectivity index (χ2v) is 5.53. The van der Waals surface area contributed by atoms with Gasteiger partial charge in [0, 0.05) is 5.54 Å². The lowest BCUT2D eigenvalue weighted by molar-refractivity contribution is -0.148. The topological polar surface area (TPSA) is 38.3 Å². The molecule has 3 nitrogen and oxygen atoms in total. The maximum Gasteiger partial charge on any atom is 0.320 e. The summed E-state index contributed by atoms with van der Waals surface area (Å²) in [5.41, 5.74) is -0.0414. The summed E-state index contributed by atoms with van der Waals surface area (Å²) in [5.74, 6) is 0.390. The molecular formula is C12H25NO2. The van der Waals surface area contributed by atoms with E-state index in [9.17, 15) is 4.79 Å². The van der Waals surface area contributed by atoms with Crippen LogP contribution in [-0.2, 0) is 9.53 Å². The lowest BCUT2D eigenvalue weighted by atomic mass is 10.1. The largest absolute Gasteiger partial charge is 0.462 e. The van der Waals surface area contributed by atoms with Gasteiger partial charge in [0.1, 0.15) is 0 Å². The standard InChI is InChI=1S/C12H25NO2/c1-9(2)7-10(3)15-11(14)8-13-12(4,5)6/h9-10,13H,7-8H2,1-6H3. The highest BCUT2D eigenvalue weighted by Crippen LogP contribution is 2.07. The molecule has 90 valence electrons. The fourth-order valence-electron chi connectivity index (χ4n) is 1.32. The van der Waals surface area contributed by atoms with Gasteiger partial charge in [-0.15, -0.1) is 0 Å². The average Bonchev–Trinajstić information content (AvgIpc) is 1.97. The lowest BCUT2D eigenvalue weighted by Crippen LogP contribution is -2.40. The molecule has 0 aromatic rings. The highest BCUT2D eigenvalue weighted by atomic mass is 16.5. The molecule has 0 radical (unpaired) electrons. The van der Waals surface area contributed by atoms with Crippen molar-refractivity contribution in [3.63, 3.8) is 0 Å². The molecule has 1 atom stereocenters. The second-order valence-electron chi connectivity index (χ2n) is 5.53. The van der Waals surface area contributed by atoms with E-state index < -0.39 is 0 Å². The SMILES string of the molecule is CC(C)CC(C)OC(=O)CNC(C)(C)C. The van der Waals surface area contributed by atoms with Crippen molar-refractivity contribution in [3.05, 3.63) is 0 Å². The predicted octanol–water partition coefficient (Wildman–Crippen LogP) is 2.35. The third-order valence-electron chi connectivity index (χ3n) is 1.90. The Hall–Kier alpha value is -0.570. The second kappa shape index (κ2) is 6.11. The van der Waals surface area contributed by atoms with E-state index in [1.807, 2.05) is 27.7 Å². The summed E-state index contributed by atoms with van der Waals surface area (Å²) >= 11 is 0. The van der Waals surface area contributed by atoms with E-state index in [2.05, 4.69) is 19.2 Å². The number of nitrogens with one attached hydrogen (secondary N) is 1. The van der Waals surface area contributed by atoms with Crippen LogP contribution in [0.3, 0.4) is 0 Å². The van der Waals surface area contributed by atoms with Crippen molar-refractivity contribution in [3.8, 4) is 0 Å². The van der Waals surface area contributed by atoms with Crippen molar-refractivity contribution >= 4 is 5.97 Å². The lowest BCUT2D eigenvalue weighted by Gasteiger charge is -2.21. The summed E-state index contributed by atoms with van der Waals surface area (Å²) in [7, 11) is 0. The highest BCUT2D eigenvalue weighted by Gasteiger charge is 2.14. The minimum atomic E-state index is -0.168. The molecule has 0 rings (SSSR count). The van der Waals surface area contributed by atoms with Gasteiger partial charge in [0.05, 0.1) is 12.6 Å². The number of carbonyl (C=O) groups is 1. The van der Waals surface area contributed by atoms with E-state index in [1.165, 1.54) is 0 Å². The molecule has 1 unspecified atom stereocenters. The van der Waals surface area contributed by atoms with Gasteiger partial charge in [0.2, 0.25) is 0 Å². The van der Waals surface area contributed by atoms with Gasteiger partial charge < -0.3 is 10.1 Å². The summed E-state index contributed by atoms with van der Waals surface area (Å²) < 4.78 is 5.26. The molecule has 0 bridgehead atoms. The van der Waals surface area contributed by atoms with Gasteiger partial charge in [-0.2, -0.15) is 0 Å². The number of hydrogen-bond acceptors (Lipinski definition) is 3. The molecule has 1 N–H and O–H groups in total. The molecule has 0 heterocycles. The van der Waals surface area contributed by atoms with Crippen LogP contribution in [0, 0.1) is 5.92 Å². The van der Waals surface area contributed by atoms with E-state index in [1.54, 1.807) is 0 Å². The summed E-state index contributed by atoms with van der Waals surface area (Å²) in [5, 5.41) is 3.11. The Morgan fingerprint density at radius 3 is 2.20 bits per heavy atom. The molecule has 0 aromatic carbocycles.